The molecule has 2 rings (SSSR count). The van der Waals surface area contributed by atoms with Gasteiger partial charge in [0.25, 0.3) is 0 Å². The first-order valence-corrected chi connectivity index (χ1v) is 19.4. The molecular formula is C35H65AlO5. The number of fused-ring (bicyclic) bond motifs is 1. The summed E-state index contributed by atoms with van der Waals surface area (Å²) in [6.07, 6.45) is 22.1. The van der Waals surface area contributed by atoms with Crippen molar-refractivity contribution < 1.29 is 23.7 Å². The van der Waals surface area contributed by atoms with E-state index in [-0.39, 0.29) is 0 Å². The van der Waals surface area contributed by atoms with Crippen molar-refractivity contribution in [3.63, 3.8) is 0 Å². The van der Waals surface area contributed by atoms with E-state index in [0.29, 0.717) is 55.0 Å². The highest BCUT2D eigenvalue weighted by molar-refractivity contribution is 6.35. The molecule has 1 aromatic carbocycles. The Kier molecular flexibility index (Phi) is 27.4. The topological polar surface area (TPSA) is 46.2 Å². The molecule has 0 aromatic heterocycles. The molecule has 0 saturated carbocycles. The summed E-state index contributed by atoms with van der Waals surface area (Å²) < 4.78 is 27.6. The molecule has 0 aliphatic carbocycles. The fourth-order valence-electron chi connectivity index (χ4n) is 4.98. The summed E-state index contributed by atoms with van der Waals surface area (Å²) in [4.78, 5) is 0. The first-order chi connectivity index (χ1) is 20.3. The Labute approximate surface area is 260 Å². The Balaban J connectivity index is 0.000000438. The Hall–Kier alpha value is -0.768. The van der Waals surface area contributed by atoms with Gasteiger partial charge in [0, 0.05) is 6.61 Å². The first-order valence-electron chi connectivity index (χ1n) is 17.4. The van der Waals surface area contributed by atoms with Crippen molar-refractivity contribution in [3.05, 3.63) is 23.3 Å². The molecule has 0 radical (unpaired) electrons. The zero-order valence-electron chi connectivity index (χ0n) is 27.6. The van der Waals surface area contributed by atoms with E-state index in [1.807, 2.05) is 6.07 Å². The van der Waals surface area contributed by atoms with Gasteiger partial charge in [0.05, 0.1) is 33.0 Å². The molecule has 0 N–H and O–H groups in total. The van der Waals surface area contributed by atoms with Gasteiger partial charge in [-0.05, 0) is 36.1 Å². The van der Waals surface area contributed by atoms with Crippen LogP contribution >= 0.6 is 0 Å². The molecule has 1 aromatic rings. The summed E-state index contributed by atoms with van der Waals surface area (Å²) >= 11 is 0.332. The van der Waals surface area contributed by atoms with E-state index in [1.165, 1.54) is 75.3 Å². The van der Waals surface area contributed by atoms with Crippen molar-refractivity contribution in [1.82, 2.24) is 0 Å². The minimum Gasteiger partial charge on any atom is -0.454 e. The standard InChI is InChI=1S/C19H30O5.2C8H17.Al.H/c1-3-5-7-20-8-9-21-10-11-22-14-17-13-19-18(23-15-24-19)12-16(17)6-4-2;2*1-3-5-7-8-6-4-2;;/h12-13H,3-11,14-15H2,1-2H3;2*1,3-8H2,2H3;;. The lowest BCUT2D eigenvalue weighted by Crippen LogP contribution is -2.10. The summed E-state index contributed by atoms with van der Waals surface area (Å²) in [7, 11) is 0. The number of ether oxygens (including phenoxy) is 5. The normalized spacial score (nSPS) is 11.9. The molecule has 1 heterocycles. The molecule has 41 heavy (non-hydrogen) atoms. The van der Waals surface area contributed by atoms with Crippen molar-refractivity contribution >= 4 is 15.2 Å². The molecule has 1 aliphatic heterocycles. The molecule has 0 unspecified atom stereocenters. The predicted molar refractivity (Wildman–Crippen MR) is 176 cm³/mol. The van der Waals surface area contributed by atoms with E-state index in [1.54, 1.807) is 23.4 Å². The van der Waals surface area contributed by atoms with Gasteiger partial charge in [-0.3, -0.25) is 0 Å². The van der Waals surface area contributed by atoms with Gasteiger partial charge >= 0.3 is 0 Å². The summed E-state index contributed by atoms with van der Waals surface area (Å²) in [5, 5.41) is 3.25. The van der Waals surface area contributed by atoms with Crippen LogP contribution in [-0.4, -0.2) is 55.0 Å². The molecule has 5 nitrogen and oxygen atoms in total. The minimum atomic E-state index is 0.305. The molecule has 0 saturated heterocycles. The highest BCUT2D eigenvalue weighted by atomic mass is 27.1. The van der Waals surface area contributed by atoms with Crippen molar-refractivity contribution in [2.75, 3.05) is 39.8 Å². The Bertz CT molecular complexity index is 685. The number of hydrogen-bond acceptors (Lipinski definition) is 5. The fraction of sp³-hybridized carbons (Fsp3) is 0.829. The maximum atomic E-state index is 5.75. The second kappa shape index (κ2) is 29.3. The van der Waals surface area contributed by atoms with E-state index in [0.717, 1.165) is 43.8 Å². The van der Waals surface area contributed by atoms with Crippen LogP contribution in [0.5, 0.6) is 11.5 Å². The van der Waals surface area contributed by atoms with Crippen LogP contribution < -0.4 is 9.47 Å². The predicted octanol–water partition coefficient (Wildman–Crippen LogP) is 9.70. The quantitative estimate of drug-likeness (QED) is 0.0752. The Morgan fingerprint density at radius 2 is 1.02 bits per heavy atom. The molecule has 238 valence electrons. The van der Waals surface area contributed by atoms with Gasteiger partial charge in [0.2, 0.25) is 22.0 Å². The third kappa shape index (κ3) is 21.6. The SMILES string of the molecule is CCCCCCC[CH2][AlH][CH2]CCCCCCC.CCCCOCCOCCOCc1cc2c(cc1CCC)OCO2. The number of benzene rings is 1. The highest BCUT2D eigenvalue weighted by Gasteiger charge is 2.17. The van der Waals surface area contributed by atoms with Gasteiger partial charge in [-0.25, -0.2) is 0 Å². The summed E-state index contributed by atoms with van der Waals surface area (Å²) in [5.74, 6) is 1.66. The van der Waals surface area contributed by atoms with Crippen molar-refractivity contribution in [2.45, 2.75) is 148 Å². The number of unbranched alkanes of at least 4 members (excludes halogenated alkanes) is 11. The van der Waals surface area contributed by atoms with Crippen molar-refractivity contribution in [3.8, 4) is 11.5 Å². The van der Waals surface area contributed by atoms with Crippen LogP contribution in [0, 0.1) is 0 Å². The lowest BCUT2D eigenvalue weighted by molar-refractivity contribution is 0.0101. The van der Waals surface area contributed by atoms with Crippen molar-refractivity contribution in [2.24, 2.45) is 0 Å². The maximum Gasteiger partial charge on any atom is 0.236 e. The van der Waals surface area contributed by atoms with Crippen LogP contribution in [0.15, 0.2) is 12.1 Å². The smallest absolute Gasteiger partial charge is 0.236 e. The van der Waals surface area contributed by atoms with E-state index >= 15 is 0 Å². The maximum absolute atomic E-state index is 5.75. The van der Waals surface area contributed by atoms with Crippen LogP contribution in [0.4, 0.5) is 0 Å². The lowest BCUT2D eigenvalue weighted by atomic mass is 10.0. The number of rotatable bonds is 27. The van der Waals surface area contributed by atoms with E-state index in [4.69, 9.17) is 23.7 Å². The zero-order valence-corrected chi connectivity index (χ0v) is 29.0. The third-order valence-electron chi connectivity index (χ3n) is 7.57. The number of aryl methyl sites for hydroxylation is 1. The minimum absolute atomic E-state index is 0.305. The molecule has 0 amide bonds. The summed E-state index contributed by atoms with van der Waals surface area (Å²) in [5.41, 5.74) is 2.44. The van der Waals surface area contributed by atoms with E-state index in [2.05, 4.69) is 33.8 Å². The summed E-state index contributed by atoms with van der Waals surface area (Å²) in [6.45, 7) is 13.1. The van der Waals surface area contributed by atoms with Crippen LogP contribution in [0.2, 0.25) is 10.6 Å². The van der Waals surface area contributed by atoms with Gasteiger partial charge in [0.1, 0.15) is 0 Å². The molecule has 1 aliphatic rings. The van der Waals surface area contributed by atoms with Gasteiger partial charge in [-0.1, -0.05) is 128 Å². The fourth-order valence-corrected chi connectivity index (χ4v) is 6.74. The first kappa shape index (κ1) is 38.3. The van der Waals surface area contributed by atoms with E-state index in [9.17, 15) is 0 Å². The van der Waals surface area contributed by atoms with Crippen LogP contribution in [0.25, 0.3) is 0 Å². The van der Waals surface area contributed by atoms with Crippen molar-refractivity contribution in [1.29, 1.82) is 0 Å². The van der Waals surface area contributed by atoms with Gasteiger partial charge in [-0.15, -0.1) is 0 Å². The molecular weight excluding hydrogens is 527 g/mol. The molecule has 6 heteroatoms. The van der Waals surface area contributed by atoms with Gasteiger partial charge in [-0.2, -0.15) is 0 Å². The highest BCUT2D eigenvalue weighted by Crippen LogP contribution is 2.35. The van der Waals surface area contributed by atoms with Crippen LogP contribution in [0.1, 0.15) is 135 Å². The number of hydrogen-bond donors (Lipinski definition) is 0. The second-order valence-corrected chi connectivity index (χ2v) is 13.6. The van der Waals surface area contributed by atoms with E-state index < -0.39 is 0 Å². The van der Waals surface area contributed by atoms with Crippen LogP contribution in [-0.2, 0) is 27.2 Å². The molecule has 0 bridgehead atoms. The lowest BCUT2D eigenvalue weighted by Gasteiger charge is -2.11. The van der Waals surface area contributed by atoms with Crippen LogP contribution in [0.3, 0.4) is 0 Å². The monoisotopic (exact) mass is 592 g/mol. The second-order valence-electron chi connectivity index (χ2n) is 11.5. The molecule has 0 atom stereocenters. The van der Waals surface area contributed by atoms with Gasteiger partial charge in [0.15, 0.2) is 11.5 Å². The zero-order chi connectivity index (χ0) is 29.6. The summed E-state index contributed by atoms with van der Waals surface area (Å²) in [6, 6.07) is 4.12. The third-order valence-corrected chi connectivity index (χ3v) is 9.57. The molecule has 0 spiro atoms. The average Bonchev–Trinajstić information content (AvgIpc) is 3.44. The average molecular weight is 593 g/mol. The largest absolute Gasteiger partial charge is 0.454 e. The van der Waals surface area contributed by atoms with Gasteiger partial charge < -0.3 is 23.7 Å². The Morgan fingerprint density at radius 3 is 1.59 bits per heavy atom. The Morgan fingerprint density at radius 1 is 0.537 bits per heavy atom. The molecule has 0 fully saturated rings.